The van der Waals surface area contributed by atoms with Crippen LogP contribution in [0.3, 0.4) is 0 Å². The molecule has 0 radical (unpaired) electrons. The van der Waals surface area contributed by atoms with E-state index in [9.17, 15) is 9.59 Å². The number of ether oxygens (including phenoxy) is 2. The average molecular weight is 429 g/mol. The fourth-order valence-electron chi connectivity index (χ4n) is 4.16. The van der Waals surface area contributed by atoms with E-state index in [1.807, 2.05) is 35.2 Å². The Balaban J connectivity index is 1.52. The number of likely N-dealkylation sites (tertiary alicyclic amines) is 1. The minimum absolute atomic E-state index is 0.00322. The molecule has 0 aromatic heterocycles. The highest BCUT2D eigenvalue weighted by atomic mass is 35.5. The maximum atomic E-state index is 13.2. The van der Waals surface area contributed by atoms with Gasteiger partial charge in [-0.2, -0.15) is 0 Å². The summed E-state index contributed by atoms with van der Waals surface area (Å²) in [4.78, 5) is 26.9. The molecule has 2 atom stereocenters. The molecule has 158 valence electrons. The number of hydrogen-bond acceptors (Lipinski definition) is 4. The zero-order valence-electron chi connectivity index (χ0n) is 16.9. The normalized spacial score (nSPS) is 18.7. The number of amides is 2. The van der Waals surface area contributed by atoms with Gasteiger partial charge in [0.05, 0.1) is 18.5 Å². The van der Waals surface area contributed by atoms with Gasteiger partial charge in [-0.1, -0.05) is 29.8 Å². The Bertz CT molecular complexity index is 931. The fraction of sp³-hybridized carbons (Fsp3) is 0.391. The van der Waals surface area contributed by atoms with E-state index < -0.39 is 6.04 Å². The molecule has 2 aliphatic rings. The van der Waals surface area contributed by atoms with Crippen molar-refractivity contribution in [1.29, 1.82) is 0 Å². The van der Waals surface area contributed by atoms with Gasteiger partial charge in [-0.25, -0.2) is 0 Å². The number of fused-ring (bicyclic) bond motifs is 1. The summed E-state index contributed by atoms with van der Waals surface area (Å²) < 4.78 is 11.3. The van der Waals surface area contributed by atoms with Crippen LogP contribution in [0, 0.1) is 0 Å². The first-order valence-corrected chi connectivity index (χ1v) is 10.6. The minimum atomic E-state index is -0.395. The molecule has 0 aliphatic carbocycles. The Morgan fingerprint density at radius 2 is 1.87 bits per heavy atom. The Labute approximate surface area is 181 Å². The van der Waals surface area contributed by atoms with Gasteiger partial charge < -0.3 is 19.7 Å². The van der Waals surface area contributed by atoms with Crippen LogP contribution in [0.2, 0.25) is 5.02 Å². The quantitative estimate of drug-likeness (QED) is 0.780. The first kappa shape index (κ1) is 20.5. The van der Waals surface area contributed by atoms with Crippen molar-refractivity contribution in [3.63, 3.8) is 0 Å². The van der Waals surface area contributed by atoms with E-state index in [-0.39, 0.29) is 24.3 Å². The van der Waals surface area contributed by atoms with Gasteiger partial charge in [-0.15, -0.1) is 0 Å². The van der Waals surface area contributed by atoms with Crippen LogP contribution in [0.15, 0.2) is 42.5 Å². The third-order valence-electron chi connectivity index (χ3n) is 5.55. The van der Waals surface area contributed by atoms with Crippen LogP contribution in [-0.2, 0) is 9.59 Å². The predicted molar refractivity (Wildman–Crippen MR) is 114 cm³/mol. The molecule has 0 bridgehead atoms. The number of rotatable bonds is 5. The summed E-state index contributed by atoms with van der Waals surface area (Å²) in [6, 6.07) is 12.7. The number of halogens is 1. The van der Waals surface area contributed by atoms with E-state index in [0.29, 0.717) is 24.8 Å². The minimum Gasteiger partial charge on any atom is -0.486 e. The first-order valence-electron chi connectivity index (χ1n) is 10.2. The summed E-state index contributed by atoms with van der Waals surface area (Å²) in [6.07, 6.45) is 2.04. The lowest BCUT2D eigenvalue weighted by Crippen LogP contribution is -2.35. The highest BCUT2D eigenvalue weighted by Crippen LogP contribution is 2.38. The Morgan fingerprint density at radius 3 is 2.60 bits per heavy atom. The van der Waals surface area contributed by atoms with Crippen molar-refractivity contribution in [3.05, 3.63) is 58.6 Å². The van der Waals surface area contributed by atoms with Crippen molar-refractivity contribution in [2.24, 2.45) is 0 Å². The van der Waals surface area contributed by atoms with Gasteiger partial charge >= 0.3 is 0 Å². The van der Waals surface area contributed by atoms with Gasteiger partial charge in [0.1, 0.15) is 13.2 Å². The van der Waals surface area contributed by atoms with Crippen molar-refractivity contribution in [2.45, 2.75) is 38.3 Å². The number of benzene rings is 2. The van der Waals surface area contributed by atoms with Crippen LogP contribution < -0.4 is 14.8 Å². The van der Waals surface area contributed by atoms with E-state index in [1.54, 1.807) is 12.1 Å². The van der Waals surface area contributed by atoms with Crippen LogP contribution in [-0.4, -0.2) is 36.5 Å². The summed E-state index contributed by atoms with van der Waals surface area (Å²) in [5.41, 5.74) is 1.91. The average Bonchev–Trinajstić information content (AvgIpc) is 3.23. The zero-order valence-corrected chi connectivity index (χ0v) is 17.7. The SMILES string of the molecule is CC(=O)N[C@@H](CC(=O)N1CCC[C@H]1c1ccc2c(c1)OCCO2)c1ccc(Cl)cc1. The molecule has 2 amide bonds. The summed E-state index contributed by atoms with van der Waals surface area (Å²) >= 11 is 5.99. The van der Waals surface area contributed by atoms with Gasteiger partial charge in [-0.3, -0.25) is 9.59 Å². The van der Waals surface area contributed by atoms with Gasteiger partial charge in [-0.05, 0) is 48.2 Å². The van der Waals surface area contributed by atoms with Gasteiger partial charge in [0.2, 0.25) is 11.8 Å². The van der Waals surface area contributed by atoms with Crippen LogP contribution in [0.25, 0.3) is 0 Å². The predicted octanol–water partition coefficient (Wildman–Crippen LogP) is 4.04. The lowest BCUT2D eigenvalue weighted by molar-refractivity contribution is -0.133. The molecule has 1 fully saturated rings. The van der Waals surface area contributed by atoms with Crippen molar-refractivity contribution < 1.29 is 19.1 Å². The summed E-state index contributed by atoms with van der Waals surface area (Å²) in [6.45, 7) is 3.24. The molecule has 6 nitrogen and oxygen atoms in total. The third kappa shape index (κ3) is 4.54. The van der Waals surface area contributed by atoms with E-state index in [4.69, 9.17) is 21.1 Å². The molecule has 0 spiro atoms. The lowest BCUT2D eigenvalue weighted by Gasteiger charge is -2.28. The largest absolute Gasteiger partial charge is 0.486 e. The smallest absolute Gasteiger partial charge is 0.225 e. The molecule has 2 heterocycles. The second-order valence-electron chi connectivity index (χ2n) is 7.66. The maximum Gasteiger partial charge on any atom is 0.225 e. The van der Waals surface area contributed by atoms with E-state index in [2.05, 4.69) is 5.32 Å². The highest BCUT2D eigenvalue weighted by molar-refractivity contribution is 6.30. The van der Waals surface area contributed by atoms with Crippen molar-refractivity contribution >= 4 is 23.4 Å². The zero-order chi connectivity index (χ0) is 21.1. The number of nitrogens with zero attached hydrogens (tertiary/aromatic N) is 1. The Morgan fingerprint density at radius 1 is 1.13 bits per heavy atom. The number of carbonyl (C=O) groups is 2. The topological polar surface area (TPSA) is 67.9 Å². The summed E-state index contributed by atoms with van der Waals surface area (Å²) in [7, 11) is 0. The molecular weight excluding hydrogens is 404 g/mol. The van der Waals surface area contributed by atoms with Crippen LogP contribution >= 0.6 is 11.6 Å². The molecule has 2 aromatic rings. The number of nitrogens with one attached hydrogen (secondary N) is 1. The number of carbonyl (C=O) groups excluding carboxylic acids is 2. The summed E-state index contributed by atoms with van der Waals surface area (Å²) in [5, 5.41) is 3.52. The van der Waals surface area contributed by atoms with E-state index in [1.165, 1.54) is 6.92 Å². The molecule has 1 saturated heterocycles. The Kier molecular flexibility index (Phi) is 6.13. The van der Waals surface area contributed by atoms with Crippen molar-refractivity contribution in [2.75, 3.05) is 19.8 Å². The van der Waals surface area contributed by atoms with Crippen molar-refractivity contribution in [3.8, 4) is 11.5 Å². The number of hydrogen-bond donors (Lipinski definition) is 1. The molecule has 2 aliphatic heterocycles. The van der Waals surface area contributed by atoms with Crippen LogP contribution in [0.1, 0.15) is 49.4 Å². The van der Waals surface area contributed by atoms with Gasteiger partial charge in [0, 0.05) is 18.5 Å². The van der Waals surface area contributed by atoms with Crippen molar-refractivity contribution in [1.82, 2.24) is 10.2 Å². The molecule has 2 aromatic carbocycles. The molecule has 30 heavy (non-hydrogen) atoms. The van der Waals surface area contributed by atoms with Gasteiger partial charge in [0.25, 0.3) is 0 Å². The molecule has 4 rings (SSSR count). The highest BCUT2D eigenvalue weighted by Gasteiger charge is 2.32. The Hall–Kier alpha value is -2.73. The fourth-order valence-corrected chi connectivity index (χ4v) is 4.29. The molecule has 0 saturated carbocycles. The monoisotopic (exact) mass is 428 g/mol. The lowest BCUT2D eigenvalue weighted by atomic mass is 10.0. The molecule has 7 heteroatoms. The van der Waals surface area contributed by atoms with E-state index >= 15 is 0 Å². The van der Waals surface area contributed by atoms with Gasteiger partial charge in [0.15, 0.2) is 11.5 Å². The molecule has 0 unspecified atom stereocenters. The molecule has 1 N–H and O–H groups in total. The van der Waals surface area contributed by atoms with E-state index in [0.717, 1.165) is 35.5 Å². The summed E-state index contributed by atoms with van der Waals surface area (Å²) in [5.74, 6) is 1.32. The second kappa shape index (κ2) is 8.96. The van der Waals surface area contributed by atoms with Crippen LogP contribution in [0.5, 0.6) is 11.5 Å². The second-order valence-corrected chi connectivity index (χ2v) is 8.09. The third-order valence-corrected chi connectivity index (χ3v) is 5.80. The first-order chi connectivity index (χ1) is 14.5. The molecular formula is C23H25ClN2O4. The standard InChI is InChI=1S/C23H25ClN2O4/c1-15(27)25-19(16-4-7-18(24)8-5-16)14-23(28)26-10-2-3-20(26)17-6-9-21-22(13-17)30-12-11-29-21/h4-9,13,19-20H,2-3,10-12,14H2,1H3,(H,25,27)/t19-,20-/m0/s1. The van der Waals surface area contributed by atoms with Crippen LogP contribution in [0.4, 0.5) is 0 Å². The maximum absolute atomic E-state index is 13.2.